The Labute approximate surface area is 228 Å². The number of carbonyl (C=O) groups is 3. The van der Waals surface area contributed by atoms with Gasteiger partial charge in [0.1, 0.15) is 0 Å². The normalized spacial score (nSPS) is 11.0. The van der Waals surface area contributed by atoms with Gasteiger partial charge < -0.3 is 20.5 Å². The summed E-state index contributed by atoms with van der Waals surface area (Å²) in [5, 5.41) is 22.7. The van der Waals surface area contributed by atoms with E-state index in [4.69, 9.17) is 9.90 Å². The molecule has 5 aromatic rings. The number of pyridine rings is 1. The number of benzene rings is 2. The van der Waals surface area contributed by atoms with Crippen LogP contribution in [0.4, 0.5) is 18.9 Å². The van der Waals surface area contributed by atoms with Crippen molar-refractivity contribution < 1.29 is 37.8 Å². The second kappa shape index (κ2) is 11.4. The Hall–Kier alpha value is -5.04. The van der Waals surface area contributed by atoms with E-state index in [1.54, 1.807) is 36.1 Å². The maximum absolute atomic E-state index is 12.5. The lowest BCUT2D eigenvalue weighted by atomic mass is 9.94. The Morgan fingerprint density at radius 1 is 1.00 bits per heavy atom. The standard InChI is InChI=1S/C25H18N4O3S.C2HF3O2/c1-14-16(5-2-6-20(14)29-23(30)24-27-10-11-33-24)17-7-8-18(25(31)32)22-19(17)12-21(28-22)15-4-3-9-26-13-15;3-2(4,5)1(6)7/h2-13,28H,1H3,(H,29,30)(H,31,32);(H,6,7). The van der Waals surface area contributed by atoms with E-state index in [0.717, 1.165) is 33.3 Å². The summed E-state index contributed by atoms with van der Waals surface area (Å²) in [4.78, 5) is 44.8. The minimum Gasteiger partial charge on any atom is -0.478 e. The highest BCUT2D eigenvalue weighted by Gasteiger charge is 2.38. The number of nitrogens with one attached hydrogen (secondary N) is 2. The van der Waals surface area contributed by atoms with Crippen molar-refractivity contribution in [3.8, 4) is 22.4 Å². The smallest absolute Gasteiger partial charge is 0.478 e. The van der Waals surface area contributed by atoms with E-state index >= 15 is 0 Å². The van der Waals surface area contributed by atoms with Crippen LogP contribution in [-0.2, 0) is 4.79 Å². The van der Waals surface area contributed by atoms with Crippen molar-refractivity contribution in [2.24, 2.45) is 0 Å². The van der Waals surface area contributed by atoms with Gasteiger partial charge in [0.15, 0.2) is 5.01 Å². The number of fused-ring (bicyclic) bond motifs is 1. The fraction of sp³-hybridized carbons (Fsp3) is 0.0741. The highest BCUT2D eigenvalue weighted by molar-refractivity contribution is 7.11. The number of hydrogen-bond donors (Lipinski definition) is 4. The quantitative estimate of drug-likeness (QED) is 0.196. The van der Waals surface area contributed by atoms with E-state index in [1.807, 2.05) is 43.3 Å². The van der Waals surface area contributed by atoms with Gasteiger partial charge in [-0.05, 0) is 53.9 Å². The number of anilines is 1. The fourth-order valence-corrected chi connectivity index (χ4v) is 4.41. The van der Waals surface area contributed by atoms with E-state index in [2.05, 4.69) is 20.3 Å². The fourth-order valence-electron chi connectivity index (χ4n) is 3.88. The maximum Gasteiger partial charge on any atom is 0.490 e. The Morgan fingerprint density at radius 3 is 2.35 bits per heavy atom. The van der Waals surface area contributed by atoms with Crippen LogP contribution in [0.25, 0.3) is 33.3 Å². The predicted molar refractivity (Wildman–Crippen MR) is 142 cm³/mol. The topological polar surface area (TPSA) is 145 Å². The van der Waals surface area contributed by atoms with Crippen molar-refractivity contribution >= 4 is 45.8 Å². The van der Waals surface area contributed by atoms with Gasteiger partial charge in [-0.25, -0.2) is 14.6 Å². The summed E-state index contributed by atoms with van der Waals surface area (Å²) in [6, 6.07) is 14.8. The lowest BCUT2D eigenvalue weighted by Crippen LogP contribution is -2.21. The van der Waals surface area contributed by atoms with Crippen LogP contribution in [0.15, 0.2) is 72.5 Å². The first-order valence-corrected chi connectivity index (χ1v) is 12.3. The molecule has 0 atom stereocenters. The number of halogens is 3. The number of aliphatic carboxylic acids is 1. The first-order valence-electron chi connectivity index (χ1n) is 11.4. The number of aromatic nitrogens is 3. The van der Waals surface area contributed by atoms with E-state index in [0.29, 0.717) is 16.2 Å². The number of hydrogen-bond acceptors (Lipinski definition) is 6. The molecule has 0 aliphatic heterocycles. The summed E-state index contributed by atoms with van der Waals surface area (Å²) >= 11 is 1.28. The number of carboxylic acid groups (broad SMARTS) is 2. The molecule has 3 heterocycles. The molecule has 9 nitrogen and oxygen atoms in total. The molecule has 0 fully saturated rings. The zero-order valence-corrected chi connectivity index (χ0v) is 21.3. The molecular weight excluding hydrogens is 549 g/mol. The van der Waals surface area contributed by atoms with Crippen molar-refractivity contribution in [3.05, 3.63) is 88.6 Å². The molecule has 0 bridgehead atoms. The van der Waals surface area contributed by atoms with Gasteiger partial charge in [0.25, 0.3) is 5.91 Å². The molecule has 3 aromatic heterocycles. The van der Waals surface area contributed by atoms with Gasteiger partial charge in [-0.15, -0.1) is 11.3 Å². The van der Waals surface area contributed by atoms with E-state index in [9.17, 15) is 27.9 Å². The first kappa shape index (κ1) is 28.0. The zero-order valence-electron chi connectivity index (χ0n) is 20.5. The number of H-pyrrole nitrogens is 1. The third-order valence-electron chi connectivity index (χ3n) is 5.74. The van der Waals surface area contributed by atoms with Gasteiger partial charge in [-0.3, -0.25) is 9.78 Å². The molecule has 4 N–H and O–H groups in total. The van der Waals surface area contributed by atoms with Gasteiger partial charge >= 0.3 is 18.1 Å². The van der Waals surface area contributed by atoms with Crippen molar-refractivity contribution in [3.63, 3.8) is 0 Å². The van der Waals surface area contributed by atoms with Crippen LogP contribution in [0.2, 0.25) is 0 Å². The minimum atomic E-state index is -5.08. The second-order valence-corrected chi connectivity index (χ2v) is 9.15. The summed E-state index contributed by atoms with van der Waals surface area (Å²) in [6.07, 6.45) is -0.0741. The molecule has 0 saturated carbocycles. The summed E-state index contributed by atoms with van der Waals surface area (Å²) < 4.78 is 31.7. The number of rotatable bonds is 5. The molecule has 0 spiro atoms. The number of alkyl halides is 3. The number of carbonyl (C=O) groups excluding carboxylic acids is 1. The van der Waals surface area contributed by atoms with Gasteiger partial charge in [-0.1, -0.05) is 18.2 Å². The lowest BCUT2D eigenvalue weighted by Gasteiger charge is -2.13. The lowest BCUT2D eigenvalue weighted by molar-refractivity contribution is -0.192. The zero-order chi connectivity index (χ0) is 29.0. The van der Waals surface area contributed by atoms with Crippen molar-refractivity contribution in [1.82, 2.24) is 15.0 Å². The van der Waals surface area contributed by atoms with E-state index in [-0.39, 0.29) is 11.5 Å². The van der Waals surface area contributed by atoms with Crippen molar-refractivity contribution in [2.45, 2.75) is 13.1 Å². The molecule has 40 heavy (non-hydrogen) atoms. The van der Waals surface area contributed by atoms with Crippen LogP contribution < -0.4 is 5.32 Å². The maximum atomic E-state index is 12.5. The highest BCUT2D eigenvalue weighted by atomic mass is 32.1. The van der Waals surface area contributed by atoms with Gasteiger partial charge in [-0.2, -0.15) is 13.2 Å². The summed E-state index contributed by atoms with van der Waals surface area (Å²) in [5.41, 5.74) is 5.67. The molecule has 0 aliphatic carbocycles. The number of thiazole rings is 1. The second-order valence-electron chi connectivity index (χ2n) is 8.25. The van der Waals surface area contributed by atoms with Crippen LogP contribution in [0.3, 0.4) is 0 Å². The summed E-state index contributed by atoms with van der Waals surface area (Å²) in [6.45, 7) is 1.93. The van der Waals surface area contributed by atoms with Gasteiger partial charge in [0, 0.05) is 46.3 Å². The Kier molecular flexibility index (Phi) is 7.95. The van der Waals surface area contributed by atoms with Crippen LogP contribution >= 0.6 is 11.3 Å². The number of nitrogens with zero attached hydrogens (tertiary/aromatic N) is 2. The monoisotopic (exact) mass is 568 g/mol. The Morgan fingerprint density at radius 2 is 1.75 bits per heavy atom. The average Bonchev–Trinajstić information content (AvgIpc) is 3.61. The third-order valence-corrected chi connectivity index (χ3v) is 6.51. The molecule has 0 unspecified atom stereocenters. The number of aromatic carboxylic acids is 1. The molecule has 5 rings (SSSR count). The highest BCUT2D eigenvalue weighted by Crippen LogP contribution is 2.37. The third kappa shape index (κ3) is 5.99. The predicted octanol–water partition coefficient (Wildman–Crippen LogP) is 6.25. The van der Waals surface area contributed by atoms with Crippen molar-refractivity contribution in [1.29, 1.82) is 0 Å². The molecule has 2 aromatic carbocycles. The van der Waals surface area contributed by atoms with Crippen LogP contribution in [0.5, 0.6) is 0 Å². The number of amides is 1. The SMILES string of the molecule is Cc1c(NC(=O)c2nccs2)cccc1-c1ccc(C(=O)O)c2[nH]c(-c3cccnc3)cc12.O=C(O)C(F)(F)F. The van der Waals surface area contributed by atoms with Crippen LogP contribution in [0.1, 0.15) is 25.7 Å². The molecule has 0 radical (unpaired) electrons. The molecule has 1 amide bonds. The Bertz CT molecular complexity index is 1700. The van der Waals surface area contributed by atoms with E-state index < -0.39 is 18.1 Å². The molecule has 0 saturated heterocycles. The van der Waals surface area contributed by atoms with E-state index in [1.165, 1.54) is 11.3 Å². The molecular formula is C27H19F3N4O5S. The molecule has 204 valence electrons. The van der Waals surface area contributed by atoms with Crippen molar-refractivity contribution in [2.75, 3.05) is 5.32 Å². The summed E-state index contributed by atoms with van der Waals surface area (Å²) in [5.74, 6) is -4.03. The Balaban J connectivity index is 0.000000470. The molecule has 13 heteroatoms. The molecule has 0 aliphatic rings. The number of aromatic amines is 1. The minimum absolute atomic E-state index is 0.190. The first-order chi connectivity index (χ1) is 19.0. The van der Waals surface area contributed by atoms with Crippen LogP contribution in [-0.4, -0.2) is 49.2 Å². The van der Waals surface area contributed by atoms with Crippen LogP contribution in [0, 0.1) is 6.92 Å². The summed E-state index contributed by atoms with van der Waals surface area (Å²) in [7, 11) is 0. The number of carboxylic acids is 2. The van der Waals surface area contributed by atoms with Gasteiger partial charge in [0.2, 0.25) is 0 Å². The average molecular weight is 569 g/mol. The van der Waals surface area contributed by atoms with Gasteiger partial charge in [0.05, 0.1) is 11.1 Å². The largest absolute Gasteiger partial charge is 0.490 e.